The molecule has 0 aliphatic carbocycles. The van der Waals surface area contributed by atoms with E-state index >= 15 is 0 Å². The molecule has 0 fully saturated rings. The smallest absolute Gasteiger partial charge is 0.206 e. The second kappa shape index (κ2) is 8.89. The van der Waals surface area contributed by atoms with Crippen molar-refractivity contribution in [1.29, 1.82) is 0 Å². The molecule has 6 heteroatoms. The molecular weight excluding hydrogens is 370 g/mol. The lowest BCUT2D eigenvalue weighted by Gasteiger charge is -2.06. The van der Waals surface area contributed by atoms with Crippen LogP contribution in [-0.2, 0) is 0 Å². The van der Waals surface area contributed by atoms with Crippen molar-refractivity contribution in [3.8, 4) is 22.8 Å². The zero-order valence-electron chi connectivity index (χ0n) is 16.6. The second-order valence-electron chi connectivity index (χ2n) is 6.70. The van der Waals surface area contributed by atoms with Crippen LogP contribution in [0.25, 0.3) is 11.3 Å². The third-order valence-electron chi connectivity index (χ3n) is 4.03. The van der Waals surface area contributed by atoms with Gasteiger partial charge in [0.1, 0.15) is 11.5 Å². The average molecular weight is 396 g/mol. The molecule has 2 aromatic carbocycles. The van der Waals surface area contributed by atoms with E-state index in [-0.39, 0.29) is 11.8 Å². The number of benzene rings is 2. The van der Waals surface area contributed by atoms with Gasteiger partial charge in [0.15, 0.2) is 0 Å². The van der Waals surface area contributed by atoms with Gasteiger partial charge in [-0.05, 0) is 39.8 Å². The van der Waals surface area contributed by atoms with Gasteiger partial charge in [-0.2, -0.15) is 5.10 Å². The summed E-state index contributed by atoms with van der Waals surface area (Å²) in [6, 6.07) is 13.7. The highest BCUT2D eigenvalue weighted by Crippen LogP contribution is 2.23. The molecule has 0 saturated carbocycles. The van der Waals surface area contributed by atoms with Crippen molar-refractivity contribution in [3.63, 3.8) is 0 Å². The van der Waals surface area contributed by atoms with E-state index in [2.05, 4.69) is 46.7 Å². The normalized spacial score (nSPS) is 12.2. The second-order valence-corrected chi connectivity index (χ2v) is 7.54. The third kappa shape index (κ3) is 4.70. The number of aromatic hydroxyl groups is 1. The lowest BCUT2D eigenvalue weighted by atomic mass is 10.1. The number of ether oxygens (including phenoxy) is 1. The molecule has 0 aliphatic rings. The number of hydrogen-bond acceptors (Lipinski definition) is 5. The number of hydrogen-bond donors (Lipinski definition) is 1. The molecule has 146 valence electrons. The van der Waals surface area contributed by atoms with Crippen LogP contribution < -0.4 is 9.54 Å². The highest BCUT2D eigenvalue weighted by Gasteiger charge is 2.08. The maximum absolute atomic E-state index is 10.3. The predicted molar refractivity (Wildman–Crippen MR) is 115 cm³/mol. The standard InChI is InChI=1S/C22H25N3O2S/c1-5-27-19-11-10-18(21(26)12-19)13-23-25-20(14-28-22(25)24-15(2)3)17-8-6-16(4)7-9-17/h6-15,26H,5H2,1-4H3. The third-order valence-corrected chi connectivity index (χ3v) is 4.86. The van der Waals surface area contributed by atoms with E-state index in [4.69, 9.17) is 4.74 Å². The largest absolute Gasteiger partial charge is 0.507 e. The number of nitrogens with zero attached hydrogens (tertiary/aromatic N) is 3. The SMILES string of the molecule is CCOc1ccc(C=Nn2c(-c3ccc(C)cc3)csc2=NC(C)C)c(O)c1. The lowest BCUT2D eigenvalue weighted by molar-refractivity contribution is 0.337. The molecule has 1 N–H and O–H groups in total. The topological polar surface area (TPSA) is 59.1 Å². The van der Waals surface area contributed by atoms with Crippen molar-refractivity contribution in [2.75, 3.05) is 6.61 Å². The summed E-state index contributed by atoms with van der Waals surface area (Å²) in [6.45, 7) is 8.61. The Hall–Kier alpha value is -2.86. The average Bonchev–Trinajstić information content (AvgIpc) is 3.04. The maximum Gasteiger partial charge on any atom is 0.206 e. The zero-order chi connectivity index (χ0) is 20.1. The summed E-state index contributed by atoms with van der Waals surface area (Å²) >= 11 is 1.55. The number of thiazole rings is 1. The monoisotopic (exact) mass is 395 g/mol. The fourth-order valence-electron chi connectivity index (χ4n) is 2.65. The Morgan fingerprint density at radius 1 is 1.18 bits per heavy atom. The van der Waals surface area contributed by atoms with Crippen molar-refractivity contribution >= 4 is 17.6 Å². The summed E-state index contributed by atoms with van der Waals surface area (Å²) in [7, 11) is 0. The summed E-state index contributed by atoms with van der Waals surface area (Å²) in [4.78, 5) is 5.49. The molecule has 0 amide bonds. The number of phenols is 1. The lowest BCUT2D eigenvalue weighted by Crippen LogP contribution is -2.14. The maximum atomic E-state index is 10.3. The molecule has 0 aliphatic heterocycles. The fourth-order valence-corrected chi connectivity index (χ4v) is 3.62. The quantitative estimate of drug-likeness (QED) is 0.608. The van der Waals surface area contributed by atoms with Crippen molar-refractivity contribution in [1.82, 2.24) is 4.68 Å². The van der Waals surface area contributed by atoms with E-state index in [9.17, 15) is 5.11 Å². The minimum Gasteiger partial charge on any atom is -0.507 e. The summed E-state index contributed by atoms with van der Waals surface area (Å²) in [5, 5.41) is 17.0. The molecule has 5 nitrogen and oxygen atoms in total. The summed E-state index contributed by atoms with van der Waals surface area (Å²) < 4.78 is 7.24. The van der Waals surface area contributed by atoms with Crippen LogP contribution in [0.15, 0.2) is 57.9 Å². The van der Waals surface area contributed by atoms with Crippen molar-refractivity contribution in [3.05, 3.63) is 63.8 Å². The first kappa shape index (κ1) is 19.9. The molecule has 3 rings (SSSR count). The summed E-state index contributed by atoms with van der Waals surface area (Å²) in [5.74, 6) is 0.765. The predicted octanol–water partition coefficient (Wildman–Crippen LogP) is 4.82. The number of phenolic OH excluding ortho intramolecular Hbond substituents is 1. The molecule has 0 atom stereocenters. The van der Waals surface area contributed by atoms with E-state index in [1.807, 2.05) is 31.5 Å². The van der Waals surface area contributed by atoms with Gasteiger partial charge in [-0.3, -0.25) is 4.99 Å². The van der Waals surface area contributed by atoms with Crippen LogP contribution >= 0.6 is 11.3 Å². The summed E-state index contributed by atoms with van der Waals surface area (Å²) in [5.41, 5.74) is 3.86. The Morgan fingerprint density at radius 2 is 1.93 bits per heavy atom. The van der Waals surface area contributed by atoms with Gasteiger partial charge in [0.05, 0.1) is 18.5 Å². The molecule has 0 unspecified atom stereocenters. The molecule has 3 aromatic rings. The zero-order valence-corrected chi connectivity index (χ0v) is 17.4. The van der Waals surface area contributed by atoms with Crippen LogP contribution in [0.4, 0.5) is 0 Å². The molecule has 0 bridgehead atoms. The molecule has 0 spiro atoms. The molecule has 0 radical (unpaired) electrons. The van der Waals surface area contributed by atoms with Gasteiger partial charge in [-0.15, -0.1) is 11.3 Å². The van der Waals surface area contributed by atoms with E-state index in [0.29, 0.717) is 17.9 Å². The first-order chi connectivity index (χ1) is 13.5. The van der Waals surface area contributed by atoms with Gasteiger partial charge < -0.3 is 9.84 Å². The molecule has 0 saturated heterocycles. The van der Waals surface area contributed by atoms with Gasteiger partial charge in [-0.1, -0.05) is 29.8 Å². The van der Waals surface area contributed by atoms with Gasteiger partial charge in [0, 0.05) is 28.6 Å². The van der Waals surface area contributed by atoms with Crippen LogP contribution in [0.1, 0.15) is 31.9 Å². The van der Waals surface area contributed by atoms with Crippen LogP contribution in [0, 0.1) is 6.92 Å². The minimum atomic E-state index is 0.129. The number of aromatic nitrogens is 1. The van der Waals surface area contributed by atoms with E-state index in [0.717, 1.165) is 16.1 Å². The summed E-state index contributed by atoms with van der Waals surface area (Å²) in [6.07, 6.45) is 1.65. The van der Waals surface area contributed by atoms with Crippen molar-refractivity contribution in [2.45, 2.75) is 33.7 Å². The first-order valence-electron chi connectivity index (χ1n) is 9.29. The highest BCUT2D eigenvalue weighted by atomic mass is 32.1. The van der Waals surface area contributed by atoms with Gasteiger partial charge in [0.2, 0.25) is 4.80 Å². The molecular formula is C22H25N3O2S. The fraction of sp³-hybridized carbons (Fsp3) is 0.273. The molecule has 1 aromatic heterocycles. The molecule has 28 heavy (non-hydrogen) atoms. The Morgan fingerprint density at radius 3 is 2.57 bits per heavy atom. The van der Waals surface area contributed by atoms with E-state index in [1.165, 1.54) is 5.56 Å². The first-order valence-corrected chi connectivity index (χ1v) is 10.2. The van der Waals surface area contributed by atoms with E-state index < -0.39 is 0 Å². The highest BCUT2D eigenvalue weighted by molar-refractivity contribution is 7.07. The Labute approximate surface area is 169 Å². The van der Waals surface area contributed by atoms with Gasteiger partial charge in [-0.25, -0.2) is 4.68 Å². The number of aryl methyl sites for hydroxylation is 1. The Balaban J connectivity index is 2.03. The van der Waals surface area contributed by atoms with Crippen molar-refractivity contribution < 1.29 is 9.84 Å². The van der Waals surface area contributed by atoms with Crippen LogP contribution in [0.5, 0.6) is 11.5 Å². The van der Waals surface area contributed by atoms with Gasteiger partial charge in [0.25, 0.3) is 0 Å². The Bertz CT molecular complexity index is 1030. The molecule has 1 heterocycles. The van der Waals surface area contributed by atoms with Crippen molar-refractivity contribution in [2.24, 2.45) is 10.1 Å². The minimum absolute atomic E-state index is 0.129. The van der Waals surface area contributed by atoms with Crippen LogP contribution in [-0.4, -0.2) is 28.6 Å². The van der Waals surface area contributed by atoms with E-state index in [1.54, 1.807) is 29.7 Å². The van der Waals surface area contributed by atoms with Gasteiger partial charge >= 0.3 is 0 Å². The van der Waals surface area contributed by atoms with Crippen LogP contribution in [0.2, 0.25) is 0 Å². The van der Waals surface area contributed by atoms with Crippen LogP contribution in [0.3, 0.4) is 0 Å². The Kier molecular flexibility index (Phi) is 6.31. The number of rotatable bonds is 6.